The predicted octanol–water partition coefficient (Wildman–Crippen LogP) is 3.66. The lowest BCUT2D eigenvalue weighted by atomic mass is 10.1. The number of halogens is 1. The molecule has 1 rings (SSSR count). The van der Waals surface area contributed by atoms with Crippen molar-refractivity contribution < 1.29 is 9.13 Å². The van der Waals surface area contributed by atoms with E-state index in [0.717, 1.165) is 18.4 Å². The summed E-state index contributed by atoms with van der Waals surface area (Å²) in [6.45, 7) is 6.63. The normalized spacial score (nSPS) is 14.4. The Balaban J connectivity index is 2.60. The van der Waals surface area contributed by atoms with Gasteiger partial charge < -0.3 is 10.5 Å². The zero-order valence-corrected chi connectivity index (χ0v) is 10.9. The number of ether oxygens (including phenoxy) is 1. The van der Waals surface area contributed by atoms with Crippen LogP contribution in [0.15, 0.2) is 18.2 Å². The second kappa shape index (κ2) is 6.60. The van der Waals surface area contributed by atoms with Crippen LogP contribution in [-0.4, -0.2) is 6.61 Å². The standard InChI is InChI=1S/C14H22FNO/c1-4-5-10(2)9-17-14-7-6-12(11(3)16)8-13(14)15/h6-8,10-11H,4-5,9,16H2,1-3H3. The van der Waals surface area contributed by atoms with E-state index in [9.17, 15) is 4.39 Å². The number of hydrogen-bond donors (Lipinski definition) is 1. The van der Waals surface area contributed by atoms with Crippen LogP contribution in [0.2, 0.25) is 0 Å². The highest BCUT2D eigenvalue weighted by molar-refractivity contribution is 5.30. The maximum Gasteiger partial charge on any atom is 0.165 e. The molecule has 0 amide bonds. The van der Waals surface area contributed by atoms with Gasteiger partial charge in [-0.3, -0.25) is 0 Å². The Kier molecular flexibility index (Phi) is 5.42. The van der Waals surface area contributed by atoms with Crippen molar-refractivity contribution in [3.63, 3.8) is 0 Å². The van der Waals surface area contributed by atoms with E-state index in [2.05, 4.69) is 13.8 Å². The molecule has 0 aliphatic heterocycles. The van der Waals surface area contributed by atoms with Crippen LogP contribution in [0.25, 0.3) is 0 Å². The van der Waals surface area contributed by atoms with Crippen LogP contribution >= 0.6 is 0 Å². The Morgan fingerprint density at radius 3 is 2.59 bits per heavy atom. The fourth-order valence-electron chi connectivity index (χ4n) is 1.73. The number of nitrogens with two attached hydrogens (primary N) is 1. The van der Waals surface area contributed by atoms with E-state index < -0.39 is 0 Å². The monoisotopic (exact) mass is 239 g/mol. The van der Waals surface area contributed by atoms with Gasteiger partial charge in [-0.05, 0) is 37.0 Å². The van der Waals surface area contributed by atoms with Gasteiger partial charge >= 0.3 is 0 Å². The minimum Gasteiger partial charge on any atom is -0.490 e. The molecule has 0 aromatic heterocycles. The average Bonchev–Trinajstić information content (AvgIpc) is 2.27. The summed E-state index contributed by atoms with van der Waals surface area (Å²) in [5, 5.41) is 0. The first-order chi connectivity index (χ1) is 8.04. The molecule has 0 radical (unpaired) electrons. The van der Waals surface area contributed by atoms with Crippen LogP contribution in [0.1, 0.15) is 45.2 Å². The fraction of sp³-hybridized carbons (Fsp3) is 0.571. The van der Waals surface area contributed by atoms with E-state index in [1.807, 2.05) is 13.0 Å². The minimum absolute atomic E-state index is 0.155. The van der Waals surface area contributed by atoms with Crippen molar-refractivity contribution >= 4 is 0 Å². The first kappa shape index (κ1) is 14.0. The van der Waals surface area contributed by atoms with Crippen LogP contribution in [0, 0.1) is 11.7 Å². The van der Waals surface area contributed by atoms with Crippen molar-refractivity contribution in [3.05, 3.63) is 29.6 Å². The first-order valence-electron chi connectivity index (χ1n) is 6.22. The van der Waals surface area contributed by atoms with Crippen LogP contribution in [0.3, 0.4) is 0 Å². The van der Waals surface area contributed by atoms with Gasteiger partial charge in [0.25, 0.3) is 0 Å². The van der Waals surface area contributed by atoms with E-state index in [4.69, 9.17) is 10.5 Å². The lowest BCUT2D eigenvalue weighted by Crippen LogP contribution is -2.10. The fourth-order valence-corrected chi connectivity index (χ4v) is 1.73. The molecule has 2 atom stereocenters. The highest BCUT2D eigenvalue weighted by Gasteiger charge is 2.08. The third-order valence-electron chi connectivity index (χ3n) is 2.79. The molecule has 2 nitrogen and oxygen atoms in total. The molecule has 2 unspecified atom stereocenters. The molecule has 17 heavy (non-hydrogen) atoms. The van der Waals surface area contributed by atoms with Gasteiger partial charge in [-0.25, -0.2) is 4.39 Å². The second-order valence-corrected chi connectivity index (χ2v) is 4.68. The van der Waals surface area contributed by atoms with Gasteiger partial charge in [-0.15, -0.1) is 0 Å². The molecule has 96 valence electrons. The third kappa shape index (κ3) is 4.35. The molecule has 3 heteroatoms. The molecule has 0 fully saturated rings. The Labute approximate surface area is 103 Å². The summed E-state index contributed by atoms with van der Waals surface area (Å²) in [4.78, 5) is 0. The van der Waals surface area contributed by atoms with Crippen molar-refractivity contribution in [3.8, 4) is 5.75 Å². The smallest absolute Gasteiger partial charge is 0.165 e. The van der Waals surface area contributed by atoms with E-state index in [0.29, 0.717) is 18.3 Å². The topological polar surface area (TPSA) is 35.2 Å². The van der Waals surface area contributed by atoms with E-state index in [1.165, 1.54) is 6.07 Å². The SMILES string of the molecule is CCCC(C)COc1ccc(C(C)N)cc1F. The molecule has 2 N–H and O–H groups in total. The Hall–Kier alpha value is -1.09. The highest BCUT2D eigenvalue weighted by atomic mass is 19.1. The summed E-state index contributed by atoms with van der Waals surface area (Å²) < 4.78 is 19.1. The summed E-state index contributed by atoms with van der Waals surface area (Å²) in [5.41, 5.74) is 6.48. The predicted molar refractivity (Wildman–Crippen MR) is 68.6 cm³/mol. The summed E-state index contributed by atoms with van der Waals surface area (Å²) in [5.74, 6) is 0.438. The Morgan fingerprint density at radius 2 is 2.06 bits per heavy atom. The van der Waals surface area contributed by atoms with Crippen molar-refractivity contribution in [2.24, 2.45) is 11.7 Å². The van der Waals surface area contributed by atoms with Crippen molar-refractivity contribution in [1.29, 1.82) is 0 Å². The molecule has 0 aliphatic rings. The summed E-state index contributed by atoms with van der Waals surface area (Å²) in [6.07, 6.45) is 2.22. The Morgan fingerprint density at radius 1 is 1.35 bits per heavy atom. The van der Waals surface area contributed by atoms with Gasteiger partial charge in [-0.1, -0.05) is 26.3 Å². The lowest BCUT2D eigenvalue weighted by molar-refractivity contribution is 0.241. The molecule has 1 aromatic rings. The summed E-state index contributed by atoms with van der Waals surface area (Å²) in [6, 6.07) is 4.77. The van der Waals surface area contributed by atoms with Crippen LogP contribution in [0.5, 0.6) is 5.75 Å². The van der Waals surface area contributed by atoms with Crippen LogP contribution in [-0.2, 0) is 0 Å². The zero-order chi connectivity index (χ0) is 12.8. The van der Waals surface area contributed by atoms with Gasteiger partial charge in [-0.2, -0.15) is 0 Å². The van der Waals surface area contributed by atoms with E-state index in [1.54, 1.807) is 6.07 Å². The molecule has 0 spiro atoms. The lowest BCUT2D eigenvalue weighted by Gasteiger charge is -2.13. The van der Waals surface area contributed by atoms with Gasteiger partial charge in [0, 0.05) is 6.04 Å². The number of rotatable bonds is 6. The first-order valence-corrected chi connectivity index (χ1v) is 6.22. The number of benzene rings is 1. The minimum atomic E-state index is -0.330. The molecule has 0 saturated heterocycles. The zero-order valence-electron chi connectivity index (χ0n) is 10.9. The van der Waals surface area contributed by atoms with Gasteiger partial charge in [0.15, 0.2) is 11.6 Å². The van der Waals surface area contributed by atoms with E-state index in [-0.39, 0.29) is 11.9 Å². The van der Waals surface area contributed by atoms with Gasteiger partial charge in [0.1, 0.15) is 0 Å². The van der Waals surface area contributed by atoms with Crippen molar-refractivity contribution in [2.75, 3.05) is 6.61 Å². The second-order valence-electron chi connectivity index (χ2n) is 4.68. The van der Waals surface area contributed by atoms with Gasteiger partial charge in [0.05, 0.1) is 6.61 Å². The van der Waals surface area contributed by atoms with Crippen molar-refractivity contribution in [2.45, 2.75) is 39.7 Å². The summed E-state index contributed by atoms with van der Waals surface area (Å²) >= 11 is 0. The highest BCUT2D eigenvalue weighted by Crippen LogP contribution is 2.22. The maximum absolute atomic E-state index is 13.7. The number of hydrogen-bond acceptors (Lipinski definition) is 2. The molecular weight excluding hydrogens is 217 g/mol. The maximum atomic E-state index is 13.7. The third-order valence-corrected chi connectivity index (χ3v) is 2.79. The molecule has 0 aliphatic carbocycles. The average molecular weight is 239 g/mol. The molecule has 0 heterocycles. The van der Waals surface area contributed by atoms with Crippen LogP contribution in [0.4, 0.5) is 4.39 Å². The van der Waals surface area contributed by atoms with E-state index >= 15 is 0 Å². The van der Waals surface area contributed by atoms with Gasteiger partial charge in [0.2, 0.25) is 0 Å². The summed E-state index contributed by atoms with van der Waals surface area (Å²) in [7, 11) is 0. The quantitative estimate of drug-likeness (QED) is 0.822. The van der Waals surface area contributed by atoms with Crippen LogP contribution < -0.4 is 10.5 Å². The molecule has 1 aromatic carbocycles. The van der Waals surface area contributed by atoms with Crippen molar-refractivity contribution in [1.82, 2.24) is 0 Å². The molecule has 0 saturated carbocycles. The molecular formula is C14H22FNO. The largest absolute Gasteiger partial charge is 0.490 e. The molecule has 0 bridgehead atoms. The Bertz CT molecular complexity index is 352.